The molecular formula is C27H51NO4. The predicted octanol–water partition coefficient (Wildman–Crippen LogP) is 6.53. The molecule has 0 amide bonds. The van der Waals surface area contributed by atoms with E-state index in [1.54, 1.807) is 0 Å². The molecule has 5 heteroatoms. The van der Waals surface area contributed by atoms with Gasteiger partial charge in [0.2, 0.25) is 0 Å². The maximum Gasteiger partial charge on any atom is 0.311 e. The van der Waals surface area contributed by atoms with Crippen molar-refractivity contribution in [3.63, 3.8) is 0 Å². The Morgan fingerprint density at radius 3 is 2.03 bits per heavy atom. The maximum atomic E-state index is 12.0. The van der Waals surface area contributed by atoms with E-state index in [0.717, 1.165) is 58.2 Å². The summed E-state index contributed by atoms with van der Waals surface area (Å²) in [7, 11) is 0. The van der Waals surface area contributed by atoms with Gasteiger partial charge in [0.05, 0.1) is 12.0 Å². The lowest BCUT2D eigenvalue weighted by Crippen LogP contribution is -2.36. The molecule has 1 rings (SSSR count). The average Bonchev–Trinajstić information content (AvgIpc) is 2.79. The molecule has 32 heavy (non-hydrogen) atoms. The Labute approximate surface area is 198 Å². The van der Waals surface area contributed by atoms with Crippen molar-refractivity contribution in [1.29, 1.82) is 0 Å². The number of hydrogen-bond donors (Lipinski definition) is 0. The normalized spacial score (nSPS) is 15.6. The number of unbranched alkanes of at least 4 members (excludes halogenated alkanes) is 8. The van der Waals surface area contributed by atoms with Crippen LogP contribution in [0.1, 0.15) is 118 Å². The Morgan fingerprint density at radius 1 is 0.844 bits per heavy atom. The van der Waals surface area contributed by atoms with Crippen LogP contribution in [0.2, 0.25) is 0 Å². The summed E-state index contributed by atoms with van der Waals surface area (Å²) in [5.41, 5.74) is -0.380. The van der Waals surface area contributed by atoms with E-state index in [0.29, 0.717) is 25.6 Å². The van der Waals surface area contributed by atoms with Crippen LogP contribution in [0, 0.1) is 11.3 Å². The topological polar surface area (TPSA) is 55.8 Å². The average molecular weight is 454 g/mol. The van der Waals surface area contributed by atoms with Gasteiger partial charge in [0.15, 0.2) is 0 Å². The number of carbonyl (C=O) groups is 2. The van der Waals surface area contributed by atoms with E-state index in [1.807, 2.05) is 20.8 Å². The van der Waals surface area contributed by atoms with Crippen LogP contribution in [0.5, 0.6) is 0 Å². The molecule has 0 aliphatic carbocycles. The molecule has 188 valence electrons. The van der Waals surface area contributed by atoms with Crippen molar-refractivity contribution in [3.05, 3.63) is 0 Å². The molecule has 0 N–H and O–H groups in total. The maximum absolute atomic E-state index is 12.0. The van der Waals surface area contributed by atoms with Crippen molar-refractivity contribution in [2.24, 2.45) is 11.3 Å². The highest BCUT2D eigenvalue weighted by Gasteiger charge is 2.27. The summed E-state index contributed by atoms with van der Waals surface area (Å²) < 4.78 is 10.9. The molecule has 0 aromatic heterocycles. The molecule has 0 saturated carbocycles. The Balaban J connectivity index is 1.96. The minimum Gasteiger partial charge on any atom is -0.465 e. The SMILES string of the molecule is CCCCCCCCCCCC(=O)OCCN1CCC(CCOC(=O)C(C)(C)CC)CC1. The summed E-state index contributed by atoms with van der Waals surface area (Å²) in [5, 5.41) is 0. The highest BCUT2D eigenvalue weighted by Crippen LogP contribution is 2.24. The van der Waals surface area contributed by atoms with Gasteiger partial charge in [-0.3, -0.25) is 14.5 Å². The molecule has 0 spiro atoms. The number of hydrogen-bond acceptors (Lipinski definition) is 5. The fourth-order valence-corrected chi connectivity index (χ4v) is 4.10. The van der Waals surface area contributed by atoms with E-state index in [2.05, 4.69) is 11.8 Å². The number of rotatable bonds is 18. The third-order valence-corrected chi connectivity index (χ3v) is 7.06. The summed E-state index contributed by atoms with van der Waals surface area (Å²) in [6.07, 6.45) is 15.9. The first-order chi connectivity index (χ1) is 15.4. The number of piperidine rings is 1. The number of likely N-dealkylation sites (tertiary alicyclic amines) is 1. The largest absolute Gasteiger partial charge is 0.465 e. The van der Waals surface area contributed by atoms with Gasteiger partial charge in [-0.25, -0.2) is 0 Å². The number of ether oxygens (including phenoxy) is 2. The minimum absolute atomic E-state index is 0.0420. The van der Waals surface area contributed by atoms with Gasteiger partial charge in [0.1, 0.15) is 6.61 Å². The predicted molar refractivity (Wildman–Crippen MR) is 132 cm³/mol. The lowest BCUT2D eigenvalue weighted by atomic mass is 9.90. The molecule has 0 aromatic rings. The van der Waals surface area contributed by atoms with Crippen LogP contribution in [0.25, 0.3) is 0 Å². The molecule has 5 nitrogen and oxygen atoms in total. The van der Waals surface area contributed by atoms with E-state index in [-0.39, 0.29) is 17.4 Å². The minimum atomic E-state index is -0.380. The standard InChI is InChI=1S/C27H51NO4/c1-5-7-8-9-10-11-12-13-14-15-25(29)31-23-21-28-19-16-24(17-20-28)18-22-32-26(30)27(3,4)6-2/h24H,5-23H2,1-4H3. The van der Waals surface area contributed by atoms with Crippen molar-refractivity contribution in [2.75, 3.05) is 32.8 Å². The first-order valence-electron chi connectivity index (χ1n) is 13.4. The Bertz CT molecular complexity index is 498. The van der Waals surface area contributed by atoms with Crippen molar-refractivity contribution < 1.29 is 19.1 Å². The monoisotopic (exact) mass is 453 g/mol. The van der Waals surface area contributed by atoms with Crippen LogP contribution < -0.4 is 0 Å². The third-order valence-electron chi connectivity index (χ3n) is 7.06. The first kappa shape index (κ1) is 28.9. The highest BCUT2D eigenvalue weighted by molar-refractivity contribution is 5.75. The molecule has 0 radical (unpaired) electrons. The first-order valence-corrected chi connectivity index (χ1v) is 13.4. The van der Waals surface area contributed by atoms with Crippen LogP contribution in [-0.4, -0.2) is 49.7 Å². The number of nitrogens with zero attached hydrogens (tertiary/aromatic N) is 1. The smallest absolute Gasteiger partial charge is 0.311 e. The lowest BCUT2D eigenvalue weighted by molar-refractivity contribution is -0.154. The van der Waals surface area contributed by atoms with E-state index in [1.165, 1.54) is 44.9 Å². The van der Waals surface area contributed by atoms with Gasteiger partial charge in [-0.1, -0.05) is 65.2 Å². The fraction of sp³-hybridized carbons (Fsp3) is 0.926. The van der Waals surface area contributed by atoms with Crippen LogP contribution in [0.3, 0.4) is 0 Å². The third kappa shape index (κ3) is 13.4. The van der Waals surface area contributed by atoms with Crippen LogP contribution in [-0.2, 0) is 19.1 Å². The van der Waals surface area contributed by atoms with E-state index in [4.69, 9.17) is 9.47 Å². The fourth-order valence-electron chi connectivity index (χ4n) is 4.10. The summed E-state index contributed by atoms with van der Waals surface area (Å²) in [5.74, 6) is 0.499. The second kappa shape index (κ2) is 17.4. The summed E-state index contributed by atoms with van der Waals surface area (Å²) in [4.78, 5) is 26.4. The molecule has 0 unspecified atom stereocenters. The lowest BCUT2D eigenvalue weighted by Gasteiger charge is -2.31. The van der Waals surface area contributed by atoms with Crippen molar-refractivity contribution in [2.45, 2.75) is 118 Å². The van der Waals surface area contributed by atoms with Crippen molar-refractivity contribution in [1.82, 2.24) is 4.90 Å². The molecule has 1 aliphatic heterocycles. The molecule has 1 heterocycles. The second-order valence-electron chi connectivity index (χ2n) is 10.2. The number of esters is 2. The van der Waals surface area contributed by atoms with E-state index < -0.39 is 0 Å². The van der Waals surface area contributed by atoms with Gasteiger partial charge >= 0.3 is 11.9 Å². The van der Waals surface area contributed by atoms with Crippen LogP contribution in [0.4, 0.5) is 0 Å². The second-order valence-corrected chi connectivity index (χ2v) is 10.2. The quantitative estimate of drug-likeness (QED) is 0.174. The summed E-state index contributed by atoms with van der Waals surface area (Å²) >= 11 is 0. The Morgan fingerprint density at radius 2 is 1.44 bits per heavy atom. The zero-order valence-corrected chi connectivity index (χ0v) is 21.6. The van der Waals surface area contributed by atoms with Crippen molar-refractivity contribution >= 4 is 11.9 Å². The highest BCUT2D eigenvalue weighted by atomic mass is 16.5. The van der Waals surface area contributed by atoms with E-state index in [9.17, 15) is 9.59 Å². The molecule has 0 atom stereocenters. The van der Waals surface area contributed by atoms with Gasteiger partial charge in [0.25, 0.3) is 0 Å². The molecule has 1 saturated heterocycles. The Hall–Kier alpha value is -1.10. The van der Waals surface area contributed by atoms with E-state index >= 15 is 0 Å². The molecule has 0 aromatic carbocycles. The molecule has 0 bridgehead atoms. The molecular weight excluding hydrogens is 402 g/mol. The molecule has 1 fully saturated rings. The van der Waals surface area contributed by atoms with Crippen molar-refractivity contribution in [3.8, 4) is 0 Å². The van der Waals surface area contributed by atoms with Gasteiger partial charge < -0.3 is 9.47 Å². The van der Waals surface area contributed by atoms with Crippen LogP contribution >= 0.6 is 0 Å². The van der Waals surface area contributed by atoms with Gasteiger partial charge in [0, 0.05) is 13.0 Å². The van der Waals surface area contributed by atoms with Gasteiger partial charge in [-0.05, 0) is 65.0 Å². The Kier molecular flexibility index (Phi) is 15.7. The summed E-state index contributed by atoms with van der Waals surface area (Å²) in [6, 6.07) is 0. The zero-order valence-electron chi connectivity index (χ0n) is 21.6. The number of carbonyl (C=O) groups excluding carboxylic acids is 2. The molecule has 1 aliphatic rings. The zero-order chi connectivity index (χ0) is 23.7. The summed E-state index contributed by atoms with van der Waals surface area (Å²) in [6.45, 7) is 12.1. The van der Waals surface area contributed by atoms with Gasteiger partial charge in [-0.2, -0.15) is 0 Å². The van der Waals surface area contributed by atoms with Crippen LogP contribution in [0.15, 0.2) is 0 Å². The van der Waals surface area contributed by atoms with Gasteiger partial charge in [-0.15, -0.1) is 0 Å².